The van der Waals surface area contributed by atoms with Crippen LogP contribution in [0, 0.1) is 16.7 Å². The molecule has 1 unspecified atom stereocenters. The minimum atomic E-state index is -3.81. The molecule has 3 N–H and O–H groups in total. The van der Waals surface area contributed by atoms with E-state index >= 15 is 0 Å². The summed E-state index contributed by atoms with van der Waals surface area (Å²) in [6.07, 6.45) is 3.22. The van der Waals surface area contributed by atoms with Gasteiger partial charge in [0.2, 0.25) is 10.0 Å². The van der Waals surface area contributed by atoms with E-state index in [1.54, 1.807) is 19.2 Å². The lowest BCUT2D eigenvalue weighted by molar-refractivity contribution is 0.0737. The monoisotopic (exact) mass is 435 g/mol. The zero-order chi connectivity index (χ0) is 21.9. The van der Waals surface area contributed by atoms with Gasteiger partial charge in [-0.2, -0.15) is 4.31 Å². The van der Waals surface area contributed by atoms with Gasteiger partial charge in [-0.05, 0) is 60.6 Å². The van der Waals surface area contributed by atoms with Gasteiger partial charge in [-0.25, -0.2) is 8.42 Å². The number of hydrogen-bond donors (Lipinski definition) is 3. The van der Waals surface area contributed by atoms with E-state index < -0.39 is 16.1 Å². The van der Waals surface area contributed by atoms with Crippen molar-refractivity contribution in [2.75, 3.05) is 25.5 Å². The summed E-state index contributed by atoms with van der Waals surface area (Å²) in [5, 5.41) is 15.9. The number of aliphatic hydroxyl groups excluding tert-OH is 1. The van der Waals surface area contributed by atoms with Gasteiger partial charge in [0.05, 0.1) is 11.8 Å². The van der Waals surface area contributed by atoms with Crippen molar-refractivity contribution in [3.63, 3.8) is 0 Å². The van der Waals surface area contributed by atoms with Gasteiger partial charge in [0.25, 0.3) is 5.91 Å². The summed E-state index contributed by atoms with van der Waals surface area (Å²) in [5.41, 5.74) is 0.901. The minimum absolute atomic E-state index is 0.0220. The molecule has 1 aromatic carbocycles. The maximum Gasteiger partial charge on any atom is 0.251 e. The van der Waals surface area contributed by atoms with Crippen molar-refractivity contribution in [2.45, 2.75) is 63.5 Å². The molecule has 0 radical (unpaired) electrons. The second kappa shape index (κ2) is 7.21. The van der Waals surface area contributed by atoms with Crippen molar-refractivity contribution in [3.8, 4) is 0 Å². The highest BCUT2D eigenvalue weighted by atomic mass is 32.2. The molecule has 0 aromatic heterocycles. The average Bonchev–Trinajstić information content (AvgIpc) is 3.36. The second-order valence-corrected chi connectivity index (χ2v) is 12.0. The molecule has 8 heteroatoms. The van der Waals surface area contributed by atoms with E-state index in [9.17, 15) is 18.3 Å². The normalized spacial score (nSPS) is 33.0. The number of amides is 1. The molecular weight excluding hydrogens is 402 g/mol. The number of carbonyl (C=O) groups is 1. The number of sulfonamides is 1. The summed E-state index contributed by atoms with van der Waals surface area (Å²) < 4.78 is 27.6. The third-order valence-electron chi connectivity index (χ3n) is 7.80. The van der Waals surface area contributed by atoms with Crippen LogP contribution in [0.25, 0.3) is 0 Å². The number of β-amino-alcohol motifs (C(OH)–C–C–N with tert-alkyl or cyclic N) is 1. The average molecular weight is 436 g/mol. The van der Waals surface area contributed by atoms with E-state index in [1.807, 2.05) is 0 Å². The van der Waals surface area contributed by atoms with Crippen molar-refractivity contribution in [1.82, 2.24) is 9.62 Å². The van der Waals surface area contributed by atoms with E-state index in [2.05, 4.69) is 31.4 Å². The number of anilines is 1. The summed E-state index contributed by atoms with van der Waals surface area (Å²) in [6, 6.07) is 4.83. The molecule has 1 aliphatic heterocycles. The molecule has 3 fully saturated rings. The van der Waals surface area contributed by atoms with Crippen molar-refractivity contribution < 1.29 is 18.3 Å². The molecule has 4 atom stereocenters. The highest BCUT2D eigenvalue weighted by Crippen LogP contribution is 2.62. The van der Waals surface area contributed by atoms with Crippen LogP contribution < -0.4 is 10.6 Å². The topological polar surface area (TPSA) is 98.7 Å². The Bertz CT molecular complexity index is 956. The van der Waals surface area contributed by atoms with Gasteiger partial charge in [0.15, 0.2) is 0 Å². The Morgan fingerprint density at radius 1 is 1.23 bits per heavy atom. The van der Waals surface area contributed by atoms with Crippen LogP contribution in [0.1, 0.15) is 56.8 Å². The molecule has 1 amide bonds. The number of benzene rings is 1. The lowest BCUT2D eigenvalue weighted by Crippen LogP contribution is -2.52. The quantitative estimate of drug-likeness (QED) is 0.660. The SMILES string of the molecule is CNc1ccc(C(=O)NC2C(C)(C)[C@@H]3CC[C@]2(C)C3)cc1S(=O)(=O)N1CC[C@@H](O)C1. The summed E-state index contributed by atoms with van der Waals surface area (Å²) in [4.78, 5) is 13.3. The van der Waals surface area contributed by atoms with Gasteiger partial charge < -0.3 is 15.7 Å². The lowest BCUT2D eigenvalue weighted by atomic mass is 9.68. The molecule has 30 heavy (non-hydrogen) atoms. The van der Waals surface area contributed by atoms with Gasteiger partial charge in [0.1, 0.15) is 4.90 Å². The van der Waals surface area contributed by atoms with Crippen molar-refractivity contribution in [2.24, 2.45) is 16.7 Å². The number of fused-ring (bicyclic) bond motifs is 2. The maximum atomic E-state index is 13.2. The Labute approximate surface area is 179 Å². The van der Waals surface area contributed by atoms with Crippen molar-refractivity contribution in [1.29, 1.82) is 0 Å². The van der Waals surface area contributed by atoms with Gasteiger partial charge >= 0.3 is 0 Å². The highest BCUT2D eigenvalue weighted by molar-refractivity contribution is 7.89. The lowest BCUT2D eigenvalue weighted by Gasteiger charge is -2.43. The van der Waals surface area contributed by atoms with E-state index in [4.69, 9.17) is 0 Å². The Hall–Kier alpha value is -1.64. The largest absolute Gasteiger partial charge is 0.392 e. The first-order chi connectivity index (χ1) is 14.0. The van der Waals surface area contributed by atoms with E-state index in [-0.39, 0.29) is 40.8 Å². The molecule has 7 nitrogen and oxygen atoms in total. The molecule has 166 valence electrons. The number of hydrogen-bond acceptors (Lipinski definition) is 5. The molecule has 2 bridgehead atoms. The van der Waals surface area contributed by atoms with Crippen molar-refractivity contribution in [3.05, 3.63) is 23.8 Å². The first kappa shape index (κ1) is 21.6. The Morgan fingerprint density at radius 2 is 1.97 bits per heavy atom. The molecule has 2 aliphatic carbocycles. The van der Waals surface area contributed by atoms with Crippen LogP contribution in [0.3, 0.4) is 0 Å². The third-order valence-corrected chi connectivity index (χ3v) is 9.71. The van der Waals surface area contributed by atoms with Gasteiger partial charge in [-0.1, -0.05) is 20.8 Å². The Balaban J connectivity index is 1.63. The molecular formula is C22H33N3O4S. The standard InChI is InChI=1S/C22H33N3O4S/c1-21(2)15-7-9-22(3,12-15)20(21)24-19(27)14-5-6-17(23-4)18(11-14)30(28,29)25-10-8-16(26)13-25/h5-6,11,15-16,20,23,26H,7-10,12-13H2,1-4H3,(H,24,27)/t15-,16-,20?,22-/m1/s1. The fraction of sp³-hybridized carbons (Fsp3) is 0.682. The summed E-state index contributed by atoms with van der Waals surface area (Å²) >= 11 is 0. The first-order valence-corrected chi connectivity index (χ1v) is 12.2. The fourth-order valence-corrected chi connectivity index (χ4v) is 7.74. The van der Waals surface area contributed by atoms with E-state index in [0.29, 0.717) is 23.6 Å². The minimum Gasteiger partial charge on any atom is -0.392 e. The fourth-order valence-electron chi connectivity index (χ4n) is 6.03. The van der Waals surface area contributed by atoms with Crippen LogP contribution >= 0.6 is 0 Å². The summed E-state index contributed by atoms with van der Waals surface area (Å²) in [6.45, 7) is 7.07. The summed E-state index contributed by atoms with van der Waals surface area (Å²) in [7, 11) is -2.15. The van der Waals surface area contributed by atoms with Gasteiger partial charge in [-0.15, -0.1) is 0 Å². The number of nitrogens with one attached hydrogen (secondary N) is 2. The van der Waals surface area contributed by atoms with Gasteiger partial charge in [-0.3, -0.25) is 4.79 Å². The molecule has 0 spiro atoms. The molecule has 3 aliphatic rings. The van der Waals surface area contributed by atoms with Crippen LogP contribution in [-0.4, -0.2) is 56.0 Å². The van der Waals surface area contributed by atoms with Crippen LogP contribution in [-0.2, 0) is 10.0 Å². The number of carbonyl (C=O) groups excluding carboxylic acids is 1. The molecule has 2 saturated carbocycles. The zero-order valence-corrected chi connectivity index (χ0v) is 19.1. The van der Waals surface area contributed by atoms with Crippen LogP contribution in [0.4, 0.5) is 5.69 Å². The predicted molar refractivity (Wildman–Crippen MR) is 116 cm³/mol. The van der Waals surface area contributed by atoms with Crippen LogP contribution in [0.5, 0.6) is 0 Å². The van der Waals surface area contributed by atoms with E-state index in [1.165, 1.54) is 16.8 Å². The summed E-state index contributed by atoms with van der Waals surface area (Å²) in [5.74, 6) is 0.374. The molecule has 1 heterocycles. The predicted octanol–water partition coefficient (Wildman–Crippen LogP) is 2.43. The second-order valence-electron chi connectivity index (χ2n) is 10.1. The number of nitrogens with zero attached hydrogens (tertiary/aromatic N) is 1. The van der Waals surface area contributed by atoms with Crippen molar-refractivity contribution >= 4 is 21.6 Å². The zero-order valence-electron chi connectivity index (χ0n) is 18.2. The highest BCUT2D eigenvalue weighted by Gasteiger charge is 2.59. The maximum absolute atomic E-state index is 13.2. The van der Waals surface area contributed by atoms with E-state index in [0.717, 1.165) is 12.8 Å². The number of aliphatic hydroxyl groups is 1. The van der Waals surface area contributed by atoms with Crippen LogP contribution in [0.15, 0.2) is 23.1 Å². The first-order valence-electron chi connectivity index (χ1n) is 10.8. The molecule has 1 aromatic rings. The Kier molecular flexibility index (Phi) is 5.19. The smallest absolute Gasteiger partial charge is 0.251 e. The van der Waals surface area contributed by atoms with Gasteiger partial charge in [0, 0.05) is 31.7 Å². The Morgan fingerprint density at radius 3 is 2.53 bits per heavy atom. The third kappa shape index (κ3) is 3.33. The molecule has 1 saturated heterocycles. The number of rotatable bonds is 5. The molecule has 4 rings (SSSR count). The van der Waals surface area contributed by atoms with Crippen LogP contribution in [0.2, 0.25) is 0 Å².